The molecule has 0 saturated carbocycles. The smallest absolute Gasteiger partial charge is 0.331 e. The summed E-state index contributed by atoms with van der Waals surface area (Å²) in [6, 6.07) is 8.89. The molecule has 1 unspecified atom stereocenters. The van der Waals surface area contributed by atoms with Gasteiger partial charge < -0.3 is 19.8 Å². The molecular weight excluding hydrogens is 310 g/mol. The number of hydrogen-bond donors (Lipinski definition) is 2. The van der Waals surface area contributed by atoms with Crippen molar-refractivity contribution in [1.82, 2.24) is 4.90 Å². The van der Waals surface area contributed by atoms with Crippen molar-refractivity contribution in [2.75, 3.05) is 7.11 Å². The van der Waals surface area contributed by atoms with E-state index in [0.717, 1.165) is 11.1 Å². The van der Waals surface area contributed by atoms with E-state index in [9.17, 15) is 19.8 Å². The van der Waals surface area contributed by atoms with Gasteiger partial charge in [0.15, 0.2) is 17.5 Å². The summed E-state index contributed by atoms with van der Waals surface area (Å²) in [6.45, 7) is 1.95. The van der Waals surface area contributed by atoms with Crippen molar-refractivity contribution in [1.29, 1.82) is 0 Å². The number of hydrogen-bond acceptors (Lipinski definition) is 4. The largest absolute Gasteiger partial charge is 0.504 e. The van der Waals surface area contributed by atoms with Gasteiger partial charge in [-0.25, -0.2) is 4.79 Å². The molecule has 1 aliphatic rings. The monoisotopic (exact) mass is 327 g/mol. The highest BCUT2D eigenvalue weighted by atomic mass is 16.5. The Balaban J connectivity index is 2.09. The normalized spacial score (nSPS) is 14.4. The maximum Gasteiger partial charge on any atom is 0.331 e. The highest BCUT2D eigenvalue weighted by molar-refractivity contribution is 6.00. The van der Waals surface area contributed by atoms with E-state index in [1.807, 2.05) is 0 Å². The number of carbonyl (C=O) groups excluding carboxylic acids is 1. The third-order valence-corrected chi connectivity index (χ3v) is 4.16. The zero-order chi connectivity index (χ0) is 17.4. The Hall–Kier alpha value is -3.02. The van der Waals surface area contributed by atoms with E-state index in [0.29, 0.717) is 5.56 Å². The summed E-state index contributed by atoms with van der Waals surface area (Å²) in [5, 5.41) is 20.1. The van der Waals surface area contributed by atoms with Crippen molar-refractivity contribution in [2.45, 2.75) is 19.5 Å². The van der Waals surface area contributed by atoms with Gasteiger partial charge in [-0.3, -0.25) is 4.79 Å². The molecule has 1 aliphatic heterocycles. The maximum absolute atomic E-state index is 12.6. The number of methoxy groups -OCH3 is 1. The van der Waals surface area contributed by atoms with Gasteiger partial charge in [-0.15, -0.1) is 0 Å². The zero-order valence-electron chi connectivity index (χ0n) is 13.3. The SMILES string of the molecule is COc1cc(C)cc(C(C(=O)O)N2Cc3ccccc3C2=O)c1O. The van der Waals surface area contributed by atoms with Crippen LogP contribution in [-0.2, 0) is 11.3 Å². The third kappa shape index (κ3) is 2.46. The van der Waals surface area contributed by atoms with Crippen molar-refractivity contribution in [2.24, 2.45) is 0 Å². The number of phenols is 1. The molecular formula is C18H17NO5. The van der Waals surface area contributed by atoms with Crippen LogP contribution in [0.1, 0.15) is 33.1 Å². The Labute approximate surface area is 138 Å². The maximum atomic E-state index is 12.6. The van der Waals surface area contributed by atoms with Crippen LogP contribution in [0.15, 0.2) is 36.4 Å². The Morgan fingerprint density at radius 1 is 1.29 bits per heavy atom. The average molecular weight is 327 g/mol. The molecule has 2 N–H and O–H groups in total. The minimum Gasteiger partial charge on any atom is -0.504 e. The fraction of sp³-hybridized carbons (Fsp3) is 0.222. The summed E-state index contributed by atoms with van der Waals surface area (Å²) in [4.78, 5) is 25.8. The van der Waals surface area contributed by atoms with Gasteiger partial charge in [0.25, 0.3) is 5.91 Å². The second-order valence-corrected chi connectivity index (χ2v) is 5.74. The Bertz CT molecular complexity index is 830. The van der Waals surface area contributed by atoms with Crippen LogP contribution in [0.25, 0.3) is 0 Å². The number of carboxylic acid groups (broad SMARTS) is 1. The molecule has 0 radical (unpaired) electrons. The number of carboxylic acids is 1. The number of aromatic hydroxyl groups is 1. The van der Waals surface area contributed by atoms with Gasteiger partial charge in [0, 0.05) is 17.7 Å². The van der Waals surface area contributed by atoms with Crippen LogP contribution in [0.5, 0.6) is 11.5 Å². The number of carbonyl (C=O) groups is 2. The van der Waals surface area contributed by atoms with Gasteiger partial charge in [0.2, 0.25) is 0 Å². The lowest BCUT2D eigenvalue weighted by Crippen LogP contribution is -2.34. The first-order valence-corrected chi connectivity index (χ1v) is 7.43. The minimum absolute atomic E-state index is 0.139. The number of rotatable bonds is 4. The summed E-state index contributed by atoms with van der Waals surface area (Å²) >= 11 is 0. The highest BCUT2D eigenvalue weighted by Gasteiger charge is 2.39. The van der Waals surface area contributed by atoms with Crippen molar-refractivity contribution >= 4 is 11.9 Å². The van der Waals surface area contributed by atoms with Gasteiger partial charge in [-0.2, -0.15) is 0 Å². The third-order valence-electron chi connectivity index (χ3n) is 4.16. The van der Waals surface area contributed by atoms with Gasteiger partial charge in [0.05, 0.1) is 7.11 Å². The van der Waals surface area contributed by atoms with Gasteiger partial charge in [-0.05, 0) is 36.2 Å². The number of ether oxygens (including phenoxy) is 1. The van der Waals surface area contributed by atoms with E-state index >= 15 is 0 Å². The molecule has 2 aromatic carbocycles. The van der Waals surface area contributed by atoms with Crippen molar-refractivity contribution in [3.8, 4) is 11.5 Å². The van der Waals surface area contributed by atoms with E-state index in [2.05, 4.69) is 0 Å². The zero-order valence-corrected chi connectivity index (χ0v) is 13.3. The highest BCUT2D eigenvalue weighted by Crippen LogP contribution is 2.40. The second-order valence-electron chi connectivity index (χ2n) is 5.74. The van der Waals surface area contributed by atoms with E-state index in [-0.39, 0.29) is 29.5 Å². The standard InChI is InChI=1S/C18H17NO5/c1-10-7-13(16(20)14(8-10)24-2)15(18(22)23)19-9-11-5-3-4-6-12(11)17(19)21/h3-8,15,20H,9H2,1-2H3,(H,22,23). The van der Waals surface area contributed by atoms with Crippen LogP contribution in [-0.4, -0.2) is 34.1 Å². The quantitative estimate of drug-likeness (QED) is 0.901. The summed E-state index contributed by atoms with van der Waals surface area (Å²) in [5.41, 5.74) is 2.13. The first-order chi connectivity index (χ1) is 11.4. The van der Waals surface area contributed by atoms with Crippen LogP contribution in [0.4, 0.5) is 0 Å². The molecule has 2 aromatic rings. The predicted molar refractivity (Wildman–Crippen MR) is 86.1 cm³/mol. The molecule has 1 atom stereocenters. The first kappa shape index (κ1) is 15.9. The second kappa shape index (κ2) is 5.88. The van der Waals surface area contributed by atoms with E-state index in [1.54, 1.807) is 43.3 Å². The average Bonchev–Trinajstić information content (AvgIpc) is 2.87. The predicted octanol–water partition coefficient (Wildman–Crippen LogP) is 2.49. The van der Waals surface area contributed by atoms with Gasteiger partial charge in [-0.1, -0.05) is 18.2 Å². The number of phenolic OH excluding ortho intramolecular Hbond substituents is 1. The molecule has 6 heteroatoms. The van der Waals surface area contributed by atoms with Crippen LogP contribution in [0.3, 0.4) is 0 Å². The molecule has 0 fully saturated rings. The number of benzene rings is 2. The summed E-state index contributed by atoms with van der Waals surface area (Å²) in [5.74, 6) is -1.66. The molecule has 0 saturated heterocycles. The molecule has 0 spiro atoms. The minimum atomic E-state index is -1.29. The van der Waals surface area contributed by atoms with Crippen LogP contribution < -0.4 is 4.74 Å². The van der Waals surface area contributed by atoms with Crippen LogP contribution in [0.2, 0.25) is 0 Å². The Kier molecular flexibility index (Phi) is 3.89. The molecule has 6 nitrogen and oxygen atoms in total. The van der Waals surface area contributed by atoms with Crippen molar-refractivity contribution in [3.05, 3.63) is 58.7 Å². The van der Waals surface area contributed by atoms with Crippen LogP contribution in [0, 0.1) is 6.92 Å². The van der Waals surface area contributed by atoms with Crippen molar-refractivity contribution in [3.63, 3.8) is 0 Å². The molecule has 1 heterocycles. The van der Waals surface area contributed by atoms with E-state index < -0.39 is 12.0 Å². The van der Waals surface area contributed by atoms with Crippen LogP contribution >= 0.6 is 0 Å². The lowest BCUT2D eigenvalue weighted by Gasteiger charge is -2.26. The van der Waals surface area contributed by atoms with E-state index in [1.165, 1.54) is 12.0 Å². The molecule has 0 bridgehead atoms. The topological polar surface area (TPSA) is 87.1 Å². The van der Waals surface area contributed by atoms with Gasteiger partial charge >= 0.3 is 5.97 Å². The first-order valence-electron chi connectivity index (χ1n) is 7.43. The lowest BCUT2D eigenvalue weighted by atomic mass is 10.0. The molecule has 1 amide bonds. The number of fused-ring (bicyclic) bond motifs is 1. The molecule has 124 valence electrons. The number of aryl methyl sites for hydroxylation is 1. The van der Waals surface area contributed by atoms with E-state index in [4.69, 9.17) is 4.74 Å². The Morgan fingerprint density at radius 3 is 2.62 bits per heavy atom. The summed E-state index contributed by atoms with van der Waals surface area (Å²) in [6.07, 6.45) is 0. The molecule has 0 aromatic heterocycles. The number of amides is 1. The Morgan fingerprint density at radius 2 is 2.00 bits per heavy atom. The fourth-order valence-corrected chi connectivity index (χ4v) is 3.06. The number of nitrogens with zero attached hydrogens (tertiary/aromatic N) is 1. The fourth-order valence-electron chi connectivity index (χ4n) is 3.06. The number of aliphatic carboxylic acids is 1. The van der Waals surface area contributed by atoms with Gasteiger partial charge in [0.1, 0.15) is 0 Å². The molecule has 0 aliphatic carbocycles. The van der Waals surface area contributed by atoms with Crippen molar-refractivity contribution < 1.29 is 24.5 Å². The lowest BCUT2D eigenvalue weighted by molar-refractivity contribution is -0.142. The summed E-state index contributed by atoms with van der Waals surface area (Å²) in [7, 11) is 1.39. The molecule has 24 heavy (non-hydrogen) atoms. The molecule has 3 rings (SSSR count). The summed E-state index contributed by atoms with van der Waals surface area (Å²) < 4.78 is 5.10.